The van der Waals surface area contributed by atoms with Gasteiger partial charge >= 0.3 is 12.1 Å². The topological polar surface area (TPSA) is 104 Å². The van der Waals surface area contributed by atoms with Gasteiger partial charge in [0.25, 0.3) is 0 Å². The number of para-hydroxylation sites is 1. The van der Waals surface area contributed by atoms with Crippen molar-refractivity contribution >= 4 is 51.9 Å². The molecule has 1 aromatic heterocycles. The Hall–Kier alpha value is -2.79. The summed E-state index contributed by atoms with van der Waals surface area (Å²) in [7, 11) is 0. The molecule has 0 spiro atoms. The minimum atomic E-state index is -0.356. The van der Waals surface area contributed by atoms with Gasteiger partial charge in [0.1, 0.15) is 0 Å². The van der Waals surface area contributed by atoms with E-state index in [1.165, 1.54) is 11.3 Å². The van der Waals surface area contributed by atoms with E-state index in [4.69, 9.17) is 4.74 Å². The number of ether oxygens (including phenoxy) is 1. The molecule has 0 atom stereocenters. The van der Waals surface area contributed by atoms with Crippen molar-refractivity contribution < 1.29 is 19.1 Å². The summed E-state index contributed by atoms with van der Waals surface area (Å²) in [6.45, 7) is 3.77. The van der Waals surface area contributed by atoms with Crippen LogP contribution in [0.5, 0.6) is 0 Å². The van der Waals surface area contributed by atoms with E-state index in [0.717, 1.165) is 10.6 Å². The molecule has 0 saturated carbocycles. The fourth-order valence-electron chi connectivity index (χ4n) is 3.03. The molecule has 4 amide bonds. The molecule has 0 radical (unpaired) electrons. The molecule has 9 nitrogen and oxygen atoms in total. The quantitative estimate of drug-likeness (QED) is 0.637. The summed E-state index contributed by atoms with van der Waals surface area (Å²) in [6.07, 6.45) is 1.72. The van der Waals surface area contributed by atoms with Gasteiger partial charge in [-0.1, -0.05) is 12.1 Å². The molecule has 2 aromatic rings. The van der Waals surface area contributed by atoms with E-state index in [1.807, 2.05) is 30.5 Å². The molecular weight excluding hydrogens is 438 g/mol. The molecule has 3 rings (SSSR count). The number of hydrogen-bond donors (Lipinski definition) is 2. The van der Waals surface area contributed by atoms with Crippen LogP contribution in [0.2, 0.25) is 0 Å². The Kier molecular flexibility index (Phi) is 8.13. The molecule has 2 heterocycles. The number of thioether (sulfide) groups is 1. The van der Waals surface area contributed by atoms with Crippen LogP contribution in [0, 0.1) is 0 Å². The molecule has 0 aliphatic carbocycles. The Labute approximate surface area is 189 Å². The van der Waals surface area contributed by atoms with Gasteiger partial charge in [-0.3, -0.25) is 10.1 Å². The highest BCUT2D eigenvalue weighted by Gasteiger charge is 2.25. The van der Waals surface area contributed by atoms with Gasteiger partial charge in [0.2, 0.25) is 5.91 Å². The molecule has 1 aliphatic heterocycles. The lowest BCUT2D eigenvalue weighted by atomic mass is 10.3. The second kappa shape index (κ2) is 11.0. The van der Waals surface area contributed by atoms with Crippen molar-refractivity contribution in [3.63, 3.8) is 0 Å². The summed E-state index contributed by atoms with van der Waals surface area (Å²) in [4.78, 5) is 45.1. The van der Waals surface area contributed by atoms with Crippen LogP contribution in [0.3, 0.4) is 0 Å². The van der Waals surface area contributed by atoms with E-state index in [-0.39, 0.29) is 24.5 Å². The van der Waals surface area contributed by atoms with Gasteiger partial charge in [0.05, 0.1) is 24.4 Å². The number of amides is 4. The van der Waals surface area contributed by atoms with Crippen LogP contribution >= 0.6 is 23.1 Å². The van der Waals surface area contributed by atoms with Gasteiger partial charge in [-0.25, -0.2) is 14.6 Å². The maximum Gasteiger partial charge on any atom is 0.409 e. The smallest absolute Gasteiger partial charge is 0.409 e. The van der Waals surface area contributed by atoms with Crippen molar-refractivity contribution in [1.29, 1.82) is 0 Å². The van der Waals surface area contributed by atoms with E-state index in [1.54, 1.807) is 33.9 Å². The third kappa shape index (κ3) is 6.34. The van der Waals surface area contributed by atoms with Crippen molar-refractivity contribution in [2.75, 3.05) is 49.7 Å². The van der Waals surface area contributed by atoms with Gasteiger partial charge in [-0.15, -0.1) is 23.1 Å². The largest absolute Gasteiger partial charge is 0.450 e. The Morgan fingerprint density at radius 1 is 1.13 bits per heavy atom. The van der Waals surface area contributed by atoms with Crippen LogP contribution in [0.1, 0.15) is 12.6 Å². The van der Waals surface area contributed by atoms with Gasteiger partial charge in [-0.2, -0.15) is 0 Å². The molecule has 11 heteroatoms. The third-order valence-electron chi connectivity index (χ3n) is 4.58. The molecule has 1 fully saturated rings. The fraction of sp³-hybridized carbons (Fsp3) is 0.400. The molecule has 1 saturated heterocycles. The lowest BCUT2D eigenvalue weighted by Gasteiger charge is -2.33. The third-order valence-corrected chi connectivity index (χ3v) is 6.18. The SMILES string of the molecule is CCOC(=O)N1CCN(C(=O)Nc2nc(CC(=O)Nc3ccccc3SC)cs2)CC1. The molecule has 2 N–H and O–H groups in total. The molecule has 166 valence electrons. The van der Waals surface area contributed by atoms with Gasteiger partial charge in [-0.05, 0) is 25.3 Å². The highest BCUT2D eigenvalue weighted by atomic mass is 32.2. The summed E-state index contributed by atoms with van der Waals surface area (Å²) < 4.78 is 4.98. The predicted molar refractivity (Wildman–Crippen MR) is 122 cm³/mol. The van der Waals surface area contributed by atoms with Crippen LogP contribution < -0.4 is 10.6 Å². The second-order valence-electron chi connectivity index (χ2n) is 6.67. The number of piperazine rings is 1. The van der Waals surface area contributed by atoms with E-state index in [9.17, 15) is 14.4 Å². The number of aromatic nitrogens is 1. The van der Waals surface area contributed by atoms with Crippen molar-refractivity contribution in [3.8, 4) is 0 Å². The highest BCUT2D eigenvalue weighted by molar-refractivity contribution is 7.98. The first-order chi connectivity index (χ1) is 15.0. The van der Waals surface area contributed by atoms with Gasteiger partial charge < -0.3 is 19.9 Å². The van der Waals surface area contributed by atoms with Crippen LogP contribution in [-0.4, -0.2) is 71.9 Å². The number of rotatable bonds is 6. The van der Waals surface area contributed by atoms with Crippen molar-refractivity contribution in [1.82, 2.24) is 14.8 Å². The first-order valence-corrected chi connectivity index (χ1v) is 12.0. The maximum absolute atomic E-state index is 12.5. The molecule has 31 heavy (non-hydrogen) atoms. The summed E-state index contributed by atoms with van der Waals surface area (Å²) in [5.74, 6) is -0.167. The van der Waals surface area contributed by atoms with Gasteiger partial charge in [0, 0.05) is 36.5 Å². The van der Waals surface area contributed by atoms with Crippen LogP contribution in [0.15, 0.2) is 34.5 Å². The number of hydrogen-bond acceptors (Lipinski definition) is 7. The number of nitrogens with zero attached hydrogens (tertiary/aromatic N) is 3. The van der Waals surface area contributed by atoms with Crippen molar-refractivity contribution in [2.45, 2.75) is 18.2 Å². The standard InChI is InChI=1S/C20H25N5O4S2/c1-3-29-20(28)25-10-8-24(9-11-25)19(27)23-18-21-14(13-31-18)12-17(26)22-15-6-4-5-7-16(15)30-2/h4-7,13H,3,8-12H2,1-2H3,(H,22,26)(H,21,23,27). The van der Waals surface area contributed by atoms with E-state index < -0.39 is 0 Å². The fourth-order valence-corrected chi connectivity index (χ4v) is 4.28. The Bertz CT molecular complexity index is 928. The number of urea groups is 1. The first-order valence-electron chi connectivity index (χ1n) is 9.85. The van der Waals surface area contributed by atoms with Crippen LogP contribution in [-0.2, 0) is 16.0 Å². The van der Waals surface area contributed by atoms with Gasteiger partial charge in [0.15, 0.2) is 5.13 Å². The maximum atomic E-state index is 12.5. The average molecular weight is 464 g/mol. The zero-order chi connectivity index (χ0) is 22.2. The zero-order valence-corrected chi connectivity index (χ0v) is 19.1. The Morgan fingerprint density at radius 3 is 2.55 bits per heavy atom. The minimum Gasteiger partial charge on any atom is -0.450 e. The van der Waals surface area contributed by atoms with Crippen molar-refractivity contribution in [3.05, 3.63) is 35.3 Å². The minimum absolute atomic E-state index is 0.118. The zero-order valence-electron chi connectivity index (χ0n) is 17.4. The average Bonchev–Trinajstić information content (AvgIpc) is 3.20. The van der Waals surface area contributed by atoms with Crippen molar-refractivity contribution in [2.24, 2.45) is 0 Å². The molecule has 0 unspecified atom stereocenters. The van der Waals surface area contributed by atoms with E-state index >= 15 is 0 Å². The highest BCUT2D eigenvalue weighted by Crippen LogP contribution is 2.25. The number of benzene rings is 1. The molecule has 1 aliphatic rings. The number of carbonyl (C=O) groups is 3. The number of nitrogens with one attached hydrogen (secondary N) is 2. The Morgan fingerprint density at radius 2 is 1.84 bits per heavy atom. The number of anilines is 2. The lowest BCUT2D eigenvalue weighted by Crippen LogP contribution is -2.51. The number of carbonyl (C=O) groups excluding carboxylic acids is 3. The Balaban J connectivity index is 1.48. The monoisotopic (exact) mass is 463 g/mol. The second-order valence-corrected chi connectivity index (χ2v) is 8.38. The molecule has 0 bridgehead atoms. The van der Waals surface area contributed by atoms with Crippen LogP contribution in [0.4, 0.5) is 20.4 Å². The summed E-state index contributed by atoms with van der Waals surface area (Å²) >= 11 is 2.83. The summed E-state index contributed by atoms with van der Waals surface area (Å²) in [5.41, 5.74) is 1.36. The number of thiazole rings is 1. The summed E-state index contributed by atoms with van der Waals surface area (Å²) in [5, 5.41) is 7.86. The first kappa shape index (κ1) is 22.9. The van der Waals surface area contributed by atoms with E-state index in [0.29, 0.717) is 43.6 Å². The lowest BCUT2D eigenvalue weighted by molar-refractivity contribution is -0.115. The van der Waals surface area contributed by atoms with Crippen LogP contribution in [0.25, 0.3) is 0 Å². The summed E-state index contributed by atoms with van der Waals surface area (Å²) in [6, 6.07) is 7.33. The van der Waals surface area contributed by atoms with E-state index in [2.05, 4.69) is 15.6 Å². The normalized spacial score (nSPS) is 13.6. The predicted octanol–water partition coefficient (Wildman–Crippen LogP) is 3.35. The molecule has 1 aromatic carbocycles. The molecular formula is C20H25N5O4S2.